The van der Waals surface area contributed by atoms with Crippen molar-refractivity contribution in [3.8, 4) is 0 Å². The first-order valence-electron chi connectivity index (χ1n) is 9.67. The Hall–Kier alpha value is -1.95. The number of rotatable bonds is 4. The predicted octanol–water partition coefficient (Wildman–Crippen LogP) is 2.31. The molecule has 2 saturated heterocycles. The van der Waals surface area contributed by atoms with Gasteiger partial charge in [0.2, 0.25) is 11.8 Å². The third-order valence-electron chi connectivity index (χ3n) is 5.29. The van der Waals surface area contributed by atoms with Gasteiger partial charge < -0.3 is 10.2 Å². The second kappa shape index (κ2) is 9.12. The number of nitrogens with zero attached hydrogens (tertiary/aromatic N) is 2. The van der Waals surface area contributed by atoms with E-state index in [1.54, 1.807) is 6.07 Å². The SMILES string of the molecule is O=C1NCCN(Cc2cccc(F)c2)[C@@H]1CC(=O)N1CCCCCCC1. The van der Waals surface area contributed by atoms with E-state index in [1.165, 1.54) is 31.4 Å². The lowest BCUT2D eigenvalue weighted by Crippen LogP contribution is -2.56. The van der Waals surface area contributed by atoms with Crippen LogP contribution in [0.1, 0.15) is 44.1 Å². The molecule has 1 aromatic carbocycles. The van der Waals surface area contributed by atoms with Gasteiger partial charge in [-0.25, -0.2) is 4.39 Å². The van der Waals surface area contributed by atoms with Crippen LogP contribution in [0.3, 0.4) is 0 Å². The van der Waals surface area contributed by atoms with Crippen LogP contribution >= 0.6 is 0 Å². The van der Waals surface area contributed by atoms with Gasteiger partial charge in [0.1, 0.15) is 5.82 Å². The molecule has 6 heteroatoms. The van der Waals surface area contributed by atoms with Crippen molar-refractivity contribution in [2.24, 2.45) is 0 Å². The zero-order chi connectivity index (χ0) is 18.4. The fourth-order valence-corrected chi connectivity index (χ4v) is 3.83. The largest absolute Gasteiger partial charge is 0.353 e. The van der Waals surface area contributed by atoms with Crippen LogP contribution in [-0.4, -0.2) is 53.8 Å². The molecule has 0 aromatic heterocycles. The summed E-state index contributed by atoms with van der Waals surface area (Å²) < 4.78 is 13.5. The topological polar surface area (TPSA) is 52.7 Å². The van der Waals surface area contributed by atoms with Gasteiger partial charge >= 0.3 is 0 Å². The number of likely N-dealkylation sites (tertiary alicyclic amines) is 1. The quantitative estimate of drug-likeness (QED) is 0.895. The van der Waals surface area contributed by atoms with Crippen molar-refractivity contribution < 1.29 is 14.0 Å². The molecule has 1 N–H and O–H groups in total. The first kappa shape index (κ1) is 18.8. The second-order valence-electron chi connectivity index (χ2n) is 7.26. The molecule has 2 amide bonds. The lowest BCUT2D eigenvalue weighted by Gasteiger charge is -2.36. The molecule has 0 spiro atoms. The van der Waals surface area contributed by atoms with Crippen molar-refractivity contribution in [3.05, 3.63) is 35.6 Å². The van der Waals surface area contributed by atoms with Crippen LogP contribution in [0.25, 0.3) is 0 Å². The van der Waals surface area contributed by atoms with Gasteiger partial charge in [-0.15, -0.1) is 0 Å². The molecule has 1 aromatic rings. The van der Waals surface area contributed by atoms with E-state index in [4.69, 9.17) is 0 Å². The number of hydrogen-bond acceptors (Lipinski definition) is 3. The van der Waals surface area contributed by atoms with Crippen molar-refractivity contribution in [3.63, 3.8) is 0 Å². The van der Waals surface area contributed by atoms with Crippen molar-refractivity contribution in [1.82, 2.24) is 15.1 Å². The van der Waals surface area contributed by atoms with E-state index in [0.29, 0.717) is 19.6 Å². The van der Waals surface area contributed by atoms with Crippen molar-refractivity contribution in [2.75, 3.05) is 26.2 Å². The van der Waals surface area contributed by atoms with Crippen LogP contribution in [0, 0.1) is 5.82 Å². The van der Waals surface area contributed by atoms with Gasteiger partial charge in [-0.1, -0.05) is 31.4 Å². The molecule has 2 aliphatic heterocycles. The van der Waals surface area contributed by atoms with E-state index in [-0.39, 0.29) is 24.1 Å². The normalized spacial score (nSPS) is 22.4. The van der Waals surface area contributed by atoms with Gasteiger partial charge in [-0.2, -0.15) is 0 Å². The van der Waals surface area contributed by atoms with Crippen LogP contribution in [0.4, 0.5) is 4.39 Å². The molecule has 0 radical (unpaired) electrons. The molecular formula is C20H28FN3O2. The third kappa shape index (κ3) is 5.04. The fraction of sp³-hybridized carbons (Fsp3) is 0.600. The number of carbonyl (C=O) groups excluding carboxylic acids is 2. The molecule has 0 saturated carbocycles. The standard InChI is InChI=1S/C20H28FN3O2/c21-17-8-6-7-16(13-17)15-24-12-9-22-20(26)18(24)14-19(25)23-10-4-2-1-3-5-11-23/h6-8,13,18H,1-5,9-12,14-15H2,(H,22,26)/t18-/m1/s1. The molecule has 26 heavy (non-hydrogen) atoms. The highest BCUT2D eigenvalue weighted by Crippen LogP contribution is 2.17. The first-order chi connectivity index (χ1) is 12.6. The van der Waals surface area contributed by atoms with Crippen LogP contribution in [0.15, 0.2) is 24.3 Å². The molecule has 1 atom stereocenters. The van der Waals surface area contributed by atoms with Gasteiger partial charge in [0.05, 0.1) is 12.5 Å². The number of nitrogens with one attached hydrogen (secondary N) is 1. The van der Waals surface area contributed by atoms with Crippen molar-refractivity contribution >= 4 is 11.8 Å². The summed E-state index contributed by atoms with van der Waals surface area (Å²) in [5.74, 6) is -0.330. The zero-order valence-electron chi connectivity index (χ0n) is 15.3. The number of amides is 2. The van der Waals surface area contributed by atoms with Gasteiger partial charge in [-0.05, 0) is 30.5 Å². The van der Waals surface area contributed by atoms with E-state index >= 15 is 0 Å². The van der Waals surface area contributed by atoms with E-state index in [0.717, 1.165) is 31.5 Å². The number of piperazine rings is 1. The summed E-state index contributed by atoms with van der Waals surface area (Å²) in [4.78, 5) is 29.1. The minimum absolute atomic E-state index is 0.0539. The van der Waals surface area contributed by atoms with E-state index in [1.807, 2.05) is 15.9 Å². The summed E-state index contributed by atoms with van der Waals surface area (Å²) in [6, 6.07) is 5.95. The lowest BCUT2D eigenvalue weighted by molar-refractivity contribution is -0.139. The molecular weight excluding hydrogens is 333 g/mol. The van der Waals surface area contributed by atoms with Gasteiger partial charge in [0.25, 0.3) is 0 Å². The molecule has 142 valence electrons. The summed E-state index contributed by atoms with van der Waals surface area (Å²) in [6.45, 7) is 3.28. The maximum absolute atomic E-state index is 13.5. The van der Waals surface area contributed by atoms with Crippen LogP contribution < -0.4 is 5.32 Å². The average Bonchev–Trinajstić information content (AvgIpc) is 2.57. The Bertz CT molecular complexity index is 629. The van der Waals surface area contributed by atoms with Crippen molar-refractivity contribution in [1.29, 1.82) is 0 Å². The highest BCUT2D eigenvalue weighted by molar-refractivity contribution is 5.88. The number of halogens is 1. The van der Waals surface area contributed by atoms with Gasteiger partial charge in [0.15, 0.2) is 0 Å². The smallest absolute Gasteiger partial charge is 0.237 e. The van der Waals surface area contributed by atoms with Crippen LogP contribution in [-0.2, 0) is 16.1 Å². The molecule has 0 bridgehead atoms. The summed E-state index contributed by atoms with van der Waals surface area (Å²) in [6.07, 6.45) is 5.85. The first-order valence-corrected chi connectivity index (χ1v) is 9.67. The monoisotopic (exact) mass is 361 g/mol. The molecule has 2 aliphatic rings. The van der Waals surface area contributed by atoms with Gasteiger partial charge in [-0.3, -0.25) is 14.5 Å². The third-order valence-corrected chi connectivity index (χ3v) is 5.29. The Morgan fingerprint density at radius 3 is 2.58 bits per heavy atom. The molecule has 0 aliphatic carbocycles. The Kier molecular flexibility index (Phi) is 6.61. The average molecular weight is 361 g/mol. The lowest BCUT2D eigenvalue weighted by atomic mass is 10.0. The Morgan fingerprint density at radius 2 is 1.85 bits per heavy atom. The molecule has 2 fully saturated rings. The Morgan fingerprint density at radius 1 is 1.12 bits per heavy atom. The van der Waals surface area contributed by atoms with Crippen LogP contribution in [0.2, 0.25) is 0 Å². The van der Waals surface area contributed by atoms with E-state index in [2.05, 4.69) is 5.32 Å². The summed E-state index contributed by atoms with van der Waals surface area (Å²) in [5.41, 5.74) is 0.823. The maximum atomic E-state index is 13.5. The number of carbonyl (C=O) groups is 2. The highest BCUT2D eigenvalue weighted by atomic mass is 19.1. The minimum Gasteiger partial charge on any atom is -0.353 e. The zero-order valence-corrected chi connectivity index (χ0v) is 15.3. The summed E-state index contributed by atoms with van der Waals surface area (Å²) >= 11 is 0. The second-order valence-corrected chi connectivity index (χ2v) is 7.26. The predicted molar refractivity (Wildman–Crippen MR) is 97.9 cm³/mol. The van der Waals surface area contributed by atoms with Gasteiger partial charge in [0, 0.05) is 32.7 Å². The van der Waals surface area contributed by atoms with E-state index in [9.17, 15) is 14.0 Å². The van der Waals surface area contributed by atoms with Crippen molar-refractivity contribution in [2.45, 2.75) is 51.1 Å². The molecule has 2 heterocycles. The maximum Gasteiger partial charge on any atom is 0.237 e. The Labute approximate surface area is 154 Å². The summed E-state index contributed by atoms with van der Waals surface area (Å²) in [5, 5.41) is 2.86. The Balaban J connectivity index is 1.65. The highest BCUT2D eigenvalue weighted by Gasteiger charge is 2.33. The number of benzene rings is 1. The molecule has 0 unspecified atom stereocenters. The molecule has 5 nitrogen and oxygen atoms in total. The van der Waals surface area contributed by atoms with E-state index < -0.39 is 6.04 Å². The number of hydrogen-bond donors (Lipinski definition) is 1. The molecule has 3 rings (SSSR count). The minimum atomic E-state index is -0.482. The fourth-order valence-electron chi connectivity index (χ4n) is 3.83. The summed E-state index contributed by atoms with van der Waals surface area (Å²) in [7, 11) is 0. The van der Waals surface area contributed by atoms with Crippen LogP contribution in [0.5, 0.6) is 0 Å².